The summed E-state index contributed by atoms with van der Waals surface area (Å²) in [6.07, 6.45) is -1.93. The lowest BCUT2D eigenvalue weighted by molar-refractivity contribution is -0.137. The highest BCUT2D eigenvalue weighted by atomic mass is 19.4. The summed E-state index contributed by atoms with van der Waals surface area (Å²) in [5, 5.41) is 3.53. The lowest BCUT2D eigenvalue weighted by Crippen LogP contribution is -2.37. The maximum absolute atomic E-state index is 13.5. The monoisotopic (exact) mass is 550 g/mol. The molecule has 1 N–H and O–H groups in total. The molecule has 2 aromatic heterocycles. The molecule has 0 bridgehead atoms. The standard InChI is InChI=1S/C30H29F3N4O3/c1-19-3-8-24(35-28(38)20-4-6-22(7-5-20)30(31,32)33)16-25(19)26-15-21-18-34-23(17-27(21)36(2)29(26)39)9-10-37-11-13-40-14-12-37/h3-8,15-18H,9-14H2,1-2H3,(H,35,38). The molecule has 1 saturated heterocycles. The largest absolute Gasteiger partial charge is 0.416 e. The Kier molecular flexibility index (Phi) is 7.73. The topological polar surface area (TPSA) is 76.5 Å². The zero-order chi connectivity index (χ0) is 28.4. The Balaban J connectivity index is 1.39. The molecular weight excluding hydrogens is 521 g/mol. The van der Waals surface area contributed by atoms with Crippen LogP contribution in [0, 0.1) is 6.92 Å². The lowest BCUT2D eigenvalue weighted by Gasteiger charge is -2.26. The van der Waals surface area contributed by atoms with Gasteiger partial charge < -0.3 is 14.6 Å². The molecule has 2 aromatic carbocycles. The molecule has 5 rings (SSSR count). The maximum atomic E-state index is 13.5. The zero-order valence-corrected chi connectivity index (χ0v) is 22.2. The number of benzene rings is 2. The van der Waals surface area contributed by atoms with Gasteiger partial charge in [-0.3, -0.25) is 19.5 Å². The van der Waals surface area contributed by atoms with Crippen molar-refractivity contribution in [3.05, 3.63) is 93.5 Å². The quantitative estimate of drug-likeness (QED) is 0.364. The van der Waals surface area contributed by atoms with Crippen molar-refractivity contribution in [2.24, 2.45) is 7.05 Å². The van der Waals surface area contributed by atoms with Gasteiger partial charge in [-0.1, -0.05) is 6.07 Å². The van der Waals surface area contributed by atoms with Gasteiger partial charge >= 0.3 is 6.18 Å². The van der Waals surface area contributed by atoms with Gasteiger partial charge in [0.2, 0.25) is 0 Å². The van der Waals surface area contributed by atoms with Crippen molar-refractivity contribution < 1.29 is 22.7 Å². The number of anilines is 1. The van der Waals surface area contributed by atoms with Crippen LogP contribution in [0.4, 0.5) is 18.9 Å². The number of aryl methyl sites for hydroxylation is 2. The number of fused-ring (bicyclic) bond motifs is 1. The first-order chi connectivity index (χ1) is 19.1. The average Bonchev–Trinajstić information content (AvgIpc) is 2.95. The van der Waals surface area contributed by atoms with E-state index >= 15 is 0 Å². The molecule has 4 aromatic rings. The number of nitrogens with zero attached hydrogens (tertiary/aromatic N) is 3. The molecule has 0 spiro atoms. The number of carbonyl (C=O) groups excluding carboxylic acids is 1. The second kappa shape index (κ2) is 11.2. The first-order valence-corrected chi connectivity index (χ1v) is 13.0. The Labute approximate surface area is 229 Å². The van der Waals surface area contributed by atoms with E-state index in [0.29, 0.717) is 16.8 Å². The van der Waals surface area contributed by atoms with E-state index in [1.165, 1.54) is 0 Å². The van der Waals surface area contributed by atoms with Crippen molar-refractivity contribution in [3.63, 3.8) is 0 Å². The molecule has 1 aliphatic heterocycles. The number of aromatic nitrogens is 2. The van der Waals surface area contributed by atoms with E-state index in [1.54, 1.807) is 42.1 Å². The summed E-state index contributed by atoms with van der Waals surface area (Å²) < 4.78 is 45.6. The first-order valence-electron chi connectivity index (χ1n) is 13.0. The van der Waals surface area contributed by atoms with Gasteiger partial charge in [0.25, 0.3) is 11.5 Å². The van der Waals surface area contributed by atoms with Crippen LogP contribution in [0.25, 0.3) is 22.0 Å². The molecule has 40 heavy (non-hydrogen) atoms. The molecule has 0 saturated carbocycles. The molecule has 0 aliphatic carbocycles. The number of ether oxygens (including phenoxy) is 1. The van der Waals surface area contributed by atoms with Gasteiger partial charge in [0.1, 0.15) is 0 Å². The van der Waals surface area contributed by atoms with Gasteiger partial charge in [0, 0.05) is 67.2 Å². The van der Waals surface area contributed by atoms with E-state index in [-0.39, 0.29) is 11.1 Å². The van der Waals surface area contributed by atoms with E-state index in [2.05, 4.69) is 15.2 Å². The van der Waals surface area contributed by atoms with E-state index in [1.807, 2.05) is 13.0 Å². The molecule has 10 heteroatoms. The van der Waals surface area contributed by atoms with Gasteiger partial charge in [-0.2, -0.15) is 13.2 Å². The molecule has 1 aliphatic rings. The molecule has 0 unspecified atom stereocenters. The fourth-order valence-corrected chi connectivity index (χ4v) is 4.84. The van der Waals surface area contributed by atoms with E-state index in [9.17, 15) is 22.8 Å². The SMILES string of the molecule is Cc1ccc(NC(=O)c2ccc(C(F)(F)F)cc2)cc1-c1cc2cnc(CCN3CCOCC3)cc2n(C)c1=O. The summed E-state index contributed by atoms with van der Waals surface area (Å²) in [6.45, 7) is 6.02. The second-order valence-corrected chi connectivity index (χ2v) is 9.92. The number of hydrogen-bond donors (Lipinski definition) is 1. The third-order valence-corrected chi connectivity index (χ3v) is 7.21. The van der Waals surface area contributed by atoms with Gasteiger partial charge in [-0.25, -0.2) is 0 Å². The number of carbonyl (C=O) groups is 1. The summed E-state index contributed by atoms with van der Waals surface area (Å²) in [6, 6.07) is 12.9. The number of halogens is 3. The molecule has 0 radical (unpaired) electrons. The van der Waals surface area contributed by atoms with Gasteiger partial charge in [-0.05, 0) is 66.6 Å². The summed E-state index contributed by atoms with van der Waals surface area (Å²) in [5.74, 6) is -0.552. The van der Waals surface area contributed by atoms with Crippen LogP contribution in [0.5, 0.6) is 0 Å². The third-order valence-electron chi connectivity index (χ3n) is 7.21. The van der Waals surface area contributed by atoms with Crippen molar-refractivity contribution in [3.8, 4) is 11.1 Å². The molecule has 0 atom stereocenters. The Bertz CT molecular complexity index is 1610. The maximum Gasteiger partial charge on any atom is 0.416 e. The van der Waals surface area contributed by atoms with Crippen LogP contribution in [0.2, 0.25) is 0 Å². The number of amides is 1. The Morgan fingerprint density at radius 3 is 2.45 bits per heavy atom. The number of morpholine rings is 1. The second-order valence-electron chi connectivity index (χ2n) is 9.92. The van der Waals surface area contributed by atoms with E-state index in [0.717, 1.165) is 85.7 Å². The van der Waals surface area contributed by atoms with Crippen LogP contribution >= 0.6 is 0 Å². The Morgan fingerprint density at radius 2 is 1.75 bits per heavy atom. The van der Waals surface area contributed by atoms with Crippen molar-refractivity contribution >= 4 is 22.5 Å². The highest BCUT2D eigenvalue weighted by Crippen LogP contribution is 2.30. The summed E-state index contributed by atoms with van der Waals surface area (Å²) in [4.78, 5) is 33.1. The fraction of sp³-hybridized carbons (Fsp3) is 0.300. The highest BCUT2D eigenvalue weighted by molar-refractivity contribution is 6.04. The van der Waals surface area contributed by atoms with E-state index in [4.69, 9.17) is 4.74 Å². The number of rotatable bonds is 6. The molecule has 3 heterocycles. The van der Waals surface area contributed by atoms with Crippen LogP contribution in [0.1, 0.15) is 27.2 Å². The van der Waals surface area contributed by atoms with Crippen molar-refractivity contribution in [1.82, 2.24) is 14.5 Å². The summed E-state index contributed by atoms with van der Waals surface area (Å²) >= 11 is 0. The molecule has 7 nitrogen and oxygen atoms in total. The number of alkyl halides is 3. The summed E-state index contributed by atoms with van der Waals surface area (Å²) in [7, 11) is 1.73. The predicted molar refractivity (Wildman–Crippen MR) is 148 cm³/mol. The smallest absolute Gasteiger partial charge is 0.379 e. The third kappa shape index (κ3) is 5.93. The normalized spacial score (nSPS) is 14.4. The fourth-order valence-electron chi connectivity index (χ4n) is 4.84. The van der Waals surface area contributed by atoms with Crippen LogP contribution < -0.4 is 10.9 Å². The predicted octanol–water partition coefficient (Wildman–Crippen LogP) is 5.05. The van der Waals surface area contributed by atoms with E-state index < -0.39 is 17.6 Å². The van der Waals surface area contributed by atoms with Gasteiger partial charge in [-0.15, -0.1) is 0 Å². The highest BCUT2D eigenvalue weighted by Gasteiger charge is 2.30. The molecule has 208 valence electrons. The van der Waals surface area contributed by atoms with Crippen LogP contribution in [0.15, 0.2) is 65.6 Å². The minimum Gasteiger partial charge on any atom is -0.379 e. The van der Waals surface area contributed by atoms with Crippen LogP contribution in [-0.4, -0.2) is 53.2 Å². The number of hydrogen-bond acceptors (Lipinski definition) is 5. The summed E-state index contributed by atoms with van der Waals surface area (Å²) in [5.41, 5.74) is 3.12. The number of pyridine rings is 2. The van der Waals surface area contributed by atoms with Crippen LogP contribution in [-0.2, 0) is 24.4 Å². The molecule has 1 amide bonds. The Hall–Kier alpha value is -4.02. The van der Waals surface area contributed by atoms with Crippen molar-refractivity contribution in [2.75, 3.05) is 38.2 Å². The van der Waals surface area contributed by atoms with Crippen molar-refractivity contribution in [1.29, 1.82) is 0 Å². The average molecular weight is 551 g/mol. The lowest BCUT2D eigenvalue weighted by atomic mass is 9.99. The first kappa shape index (κ1) is 27.5. The Morgan fingerprint density at radius 1 is 1.02 bits per heavy atom. The number of nitrogens with one attached hydrogen (secondary N) is 1. The van der Waals surface area contributed by atoms with Crippen LogP contribution in [0.3, 0.4) is 0 Å². The minimum absolute atomic E-state index is 0.0900. The van der Waals surface area contributed by atoms with Gasteiger partial charge in [0.05, 0.1) is 24.3 Å². The minimum atomic E-state index is -4.48. The molecular formula is C30H29F3N4O3. The van der Waals surface area contributed by atoms with Crippen molar-refractivity contribution in [2.45, 2.75) is 19.5 Å². The zero-order valence-electron chi connectivity index (χ0n) is 22.2. The molecule has 1 fully saturated rings. The van der Waals surface area contributed by atoms with Gasteiger partial charge in [0.15, 0.2) is 0 Å².